The molecule has 0 fully saturated rings. The van der Waals surface area contributed by atoms with Gasteiger partial charge in [-0.3, -0.25) is 4.79 Å². The van der Waals surface area contributed by atoms with Gasteiger partial charge in [0, 0.05) is 11.6 Å². The second-order valence-corrected chi connectivity index (χ2v) is 7.92. The van der Waals surface area contributed by atoms with Crippen LogP contribution in [0.2, 0.25) is 0 Å². The predicted molar refractivity (Wildman–Crippen MR) is 94.4 cm³/mol. The van der Waals surface area contributed by atoms with E-state index < -0.39 is 44.7 Å². The SMILES string of the molecule is O=C(CS(=O)(=O)Cc1coc(-c2cccc(F)c2)n1)Nc1ccc(F)cc1F. The van der Waals surface area contributed by atoms with E-state index in [-0.39, 0.29) is 17.3 Å². The van der Waals surface area contributed by atoms with Crippen LogP contribution in [0.5, 0.6) is 0 Å². The first-order valence-corrected chi connectivity index (χ1v) is 9.70. The highest BCUT2D eigenvalue weighted by molar-refractivity contribution is 7.91. The number of sulfone groups is 1. The molecular formula is C18H13F3N2O4S. The van der Waals surface area contributed by atoms with Gasteiger partial charge in [0.25, 0.3) is 0 Å². The third-order valence-electron chi connectivity index (χ3n) is 3.55. The van der Waals surface area contributed by atoms with Crippen LogP contribution in [0.3, 0.4) is 0 Å². The summed E-state index contributed by atoms with van der Waals surface area (Å²) in [7, 11) is -3.96. The van der Waals surface area contributed by atoms with E-state index in [0.717, 1.165) is 18.4 Å². The molecule has 10 heteroatoms. The molecule has 0 saturated heterocycles. The fourth-order valence-corrected chi connectivity index (χ4v) is 3.54. The van der Waals surface area contributed by atoms with Crippen LogP contribution in [0, 0.1) is 17.5 Å². The lowest BCUT2D eigenvalue weighted by atomic mass is 10.2. The molecule has 3 rings (SSSR count). The minimum absolute atomic E-state index is 0.0278. The Morgan fingerprint density at radius 1 is 1.07 bits per heavy atom. The molecule has 2 aromatic carbocycles. The number of hydrogen-bond donors (Lipinski definition) is 1. The third kappa shape index (κ3) is 4.97. The molecule has 0 bridgehead atoms. The molecule has 0 radical (unpaired) electrons. The van der Waals surface area contributed by atoms with Gasteiger partial charge in [0.1, 0.15) is 29.5 Å². The Bertz CT molecular complexity index is 1130. The molecule has 1 heterocycles. The van der Waals surface area contributed by atoms with Gasteiger partial charge < -0.3 is 9.73 Å². The molecule has 0 aliphatic carbocycles. The summed E-state index contributed by atoms with van der Waals surface area (Å²) in [6.45, 7) is 0. The fraction of sp³-hybridized carbons (Fsp3) is 0.111. The summed E-state index contributed by atoms with van der Waals surface area (Å²) in [6, 6.07) is 7.87. The molecule has 0 spiro atoms. The van der Waals surface area contributed by atoms with E-state index in [1.807, 2.05) is 0 Å². The Morgan fingerprint density at radius 3 is 2.54 bits per heavy atom. The molecule has 0 unspecified atom stereocenters. The molecule has 6 nitrogen and oxygen atoms in total. The smallest absolute Gasteiger partial charge is 0.239 e. The Balaban J connectivity index is 1.66. The van der Waals surface area contributed by atoms with E-state index in [1.165, 1.54) is 24.3 Å². The zero-order valence-electron chi connectivity index (χ0n) is 14.2. The first-order valence-electron chi connectivity index (χ1n) is 7.87. The quantitative estimate of drug-likeness (QED) is 0.674. The molecule has 1 aromatic heterocycles. The Hall–Kier alpha value is -3.14. The number of oxazole rings is 1. The largest absolute Gasteiger partial charge is 0.444 e. The fourth-order valence-electron chi connectivity index (χ4n) is 2.38. The zero-order valence-corrected chi connectivity index (χ0v) is 15.0. The van der Waals surface area contributed by atoms with E-state index in [1.54, 1.807) is 0 Å². The lowest BCUT2D eigenvalue weighted by Gasteiger charge is -2.06. The Morgan fingerprint density at radius 2 is 1.82 bits per heavy atom. The van der Waals surface area contributed by atoms with E-state index in [4.69, 9.17) is 4.42 Å². The van der Waals surface area contributed by atoms with Gasteiger partial charge in [-0.15, -0.1) is 0 Å². The summed E-state index contributed by atoms with van der Waals surface area (Å²) < 4.78 is 69.2. The molecule has 0 aliphatic rings. The highest BCUT2D eigenvalue weighted by Gasteiger charge is 2.21. The summed E-state index contributed by atoms with van der Waals surface area (Å²) in [4.78, 5) is 15.9. The minimum Gasteiger partial charge on any atom is -0.444 e. The van der Waals surface area contributed by atoms with Gasteiger partial charge in [-0.1, -0.05) is 6.07 Å². The first-order chi connectivity index (χ1) is 13.2. The molecule has 3 aromatic rings. The van der Waals surface area contributed by atoms with Crippen molar-refractivity contribution in [3.05, 3.63) is 71.9 Å². The standard InChI is InChI=1S/C18H13F3N2O4S/c19-12-3-1-2-11(6-12)18-22-14(8-27-18)9-28(25,26)10-17(24)23-16-5-4-13(20)7-15(16)21/h1-8H,9-10H2,(H,23,24). The van der Waals surface area contributed by atoms with Crippen LogP contribution in [0.25, 0.3) is 11.5 Å². The number of halogens is 3. The van der Waals surface area contributed by atoms with Crippen molar-refractivity contribution in [3.8, 4) is 11.5 Å². The van der Waals surface area contributed by atoms with Crippen LogP contribution < -0.4 is 5.32 Å². The summed E-state index contributed by atoms with van der Waals surface area (Å²) in [5.74, 6) is -4.86. The van der Waals surface area contributed by atoms with Crippen LogP contribution in [-0.2, 0) is 20.4 Å². The van der Waals surface area contributed by atoms with Gasteiger partial charge in [-0.2, -0.15) is 0 Å². The highest BCUT2D eigenvalue weighted by Crippen LogP contribution is 2.20. The lowest BCUT2D eigenvalue weighted by molar-refractivity contribution is -0.113. The number of benzene rings is 2. The maximum atomic E-state index is 13.5. The topological polar surface area (TPSA) is 89.3 Å². The normalized spacial score (nSPS) is 11.4. The van der Waals surface area contributed by atoms with E-state index in [0.29, 0.717) is 11.6 Å². The Labute approximate surface area is 157 Å². The summed E-state index contributed by atoms with van der Waals surface area (Å²) in [5.41, 5.74) is 0.0182. The van der Waals surface area contributed by atoms with Gasteiger partial charge in [0.15, 0.2) is 9.84 Å². The summed E-state index contributed by atoms with van der Waals surface area (Å²) >= 11 is 0. The van der Waals surface area contributed by atoms with Crippen LogP contribution >= 0.6 is 0 Å². The first kappa shape index (κ1) is 19.6. The van der Waals surface area contributed by atoms with Crippen molar-refractivity contribution in [2.75, 3.05) is 11.1 Å². The van der Waals surface area contributed by atoms with Crippen molar-refractivity contribution in [2.24, 2.45) is 0 Å². The maximum Gasteiger partial charge on any atom is 0.239 e. The summed E-state index contributed by atoms with van der Waals surface area (Å²) in [5, 5.41) is 2.07. The molecule has 0 saturated carbocycles. The second-order valence-electron chi connectivity index (χ2n) is 5.86. The molecule has 28 heavy (non-hydrogen) atoms. The number of rotatable bonds is 6. The van der Waals surface area contributed by atoms with Crippen molar-refractivity contribution in [2.45, 2.75) is 5.75 Å². The average molecular weight is 410 g/mol. The molecule has 0 aliphatic heterocycles. The Kier molecular flexibility index (Phi) is 5.50. The summed E-state index contributed by atoms with van der Waals surface area (Å²) in [6.07, 6.45) is 1.09. The third-order valence-corrected chi connectivity index (χ3v) is 4.98. The van der Waals surface area contributed by atoms with Crippen molar-refractivity contribution in [3.63, 3.8) is 0 Å². The second kappa shape index (κ2) is 7.85. The van der Waals surface area contributed by atoms with Crippen LogP contribution in [0.15, 0.2) is 53.1 Å². The maximum absolute atomic E-state index is 13.5. The van der Waals surface area contributed by atoms with Gasteiger partial charge in [0.05, 0.1) is 17.1 Å². The minimum atomic E-state index is -3.96. The van der Waals surface area contributed by atoms with Crippen molar-refractivity contribution < 1.29 is 30.8 Å². The molecule has 0 atom stereocenters. The van der Waals surface area contributed by atoms with Crippen molar-refractivity contribution >= 4 is 21.4 Å². The van der Waals surface area contributed by atoms with Crippen LogP contribution in [-0.4, -0.2) is 25.1 Å². The number of anilines is 1. The van der Waals surface area contributed by atoms with Crippen LogP contribution in [0.1, 0.15) is 5.69 Å². The number of carbonyl (C=O) groups excluding carboxylic acids is 1. The number of nitrogens with one attached hydrogen (secondary N) is 1. The number of amides is 1. The lowest BCUT2D eigenvalue weighted by Crippen LogP contribution is -2.24. The van der Waals surface area contributed by atoms with Crippen LogP contribution in [0.4, 0.5) is 18.9 Å². The molecular weight excluding hydrogens is 397 g/mol. The number of carbonyl (C=O) groups is 1. The van der Waals surface area contributed by atoms with E-state index in [2.05, 4.69) is 10.3 Å². The van der Waals surface area contributed by atoms with E-state index in [9.17, 15) is 26.4 Å². The predicted octanol–water partition coefficient (Wildman–Crippen LogP) is 3.31. The number of nitrogens with zero attached hydrogens (tertiary/aromatic N) is 1. The molecule has 146 valence electrons. The van der Waals surface area contributed by atoms with Gasteiger partial charge in [0.2, 0.25) is 11.8 Å². The monoisotopic (exact) mass is 410 g/mol. The van der Waals surface area contributed by atoms with Gasteiger partial charge >= 0.3 is 0 Å². The van der Waals surface area contributed by atoms with Crippen molar-refractivity contribution in [1.82, 2.24) is 4.98 Å². The van der Waals surface area contributed by atoms with Crippen molar-refractivity contribution in [1.29, 1.82) is 0 Å². The highest BCUT2D eigenvalue weighted by atomic mass is 32.2. The van der Waals surface area contributed by atoms with E-state index >= 15 is 0 Å². The zero-order chi connectivity index (χ0) is 20.3. The van der Waals surface area contributed by atoms with Gasteiger partial charge in [-0.25, -0.2) is 26.6 Å². The van der Waals surface area contributed by atoms with Gasteiger partial charge in [-0.05, 0) is 30.3 Å². The number of hydrogen-bond acceptors (Lipinski definition) is 5. The molecule has 1 amide bonds. The molecule has 1 N–H and O–H groups in total. The average Bonchev–Trinajstić information content (AvgIpc) is 3.04. The number of aromatic nitrogens is 1.